The van der Waals surface area contributed by atoms with Crippen LogP contribution in [0.2, 0.25) is 0 Å². The summed E-state index contributed by atoms with van der Waals surface area (Å²) in [6, 6.07) is 12.3. The Morgan fingerprint density at radius 1 is 0.897 bits per heavy atom. The van der Waals surface area contributed by atoms with Crippen LogP contribution in [0.5, 0.6) is 0 Å². The summed E-state index contributed by atoms with van der Waals surface area (Å²) in [4.78, 5) is 4.23. The zero-order valence-electron chi connectivity index (χ0n) is 17.1. The van der Waals surface area contributed by atoms with Crippen molar-refractivity contribution in [3.63, 3.8) is 0 Å². The number of rotatable bonds is 2. The zero-order chi connectivity index (χ0) is 19.0. The van der Waals surface area contributed by atoms with Crippen LogP contribution in [0, 0.1) is 23.7 Å². The third kappa shape index (κ3) is 2.44. The minimum atomic E-state index is 0.385. The molecule has 2 aromatic rings. The summed E-state index contributed by atoms with van der Waals surface area (Å²) in [7, 11) is 0. The molecule has 0 amide bonds. The lowest BCUT2D eigenvalue weighted by Crippen LogP contribution is -2.48. The third-order valence-electron chi connectivity index (χ3n) is 9.08. The van der Waals surface area contributed by atoms with Gasteiger partial charge in [-0.15, -0.1) is 0 Å². The number of benzene rings is 1. The molecule has 4 saturated carbocycles. The van der Waals surface area contributed by atoms with Crippen molar-refractivity contribution in [2.75, 3.05) is 5.32 Å². The SMILES string of the molecule is C1=C[C@@H]2c3cc(C45CC6CC(CC(C6)C4)C5)ccc3N[C@@H](c3ccncc3)[C@H]2C1. The van der Waals surface area contributed by atoms with Gasteiger partial charge in [-0.1, -0.05) is 24.3 Å². The van der Waals surface area contributed by atoms with E-state index in [0.29, 0.717) is 23.3 Å². The van der Waals surface area contributed by atoms with E-state index in [2.05, 4.69) is 52.8 Å². The Bertz CT molecular complexity index is 940. The van der Waals surface area contributed by atoms with Crippen LogP contribution in [0.15, 0.2) is 54.9 Å². The highest BCUT2D eigenvalue weighted by Crippen LogP contribution is 2.61. The smallest absolute Gasteiger partial charge is 0.0555 e. The molecule has 4 bridgehead atoms. The minimum Gasteiger partial charge on any atom is -0.378 e. The molecule has 2 heteroatoms. The zero-order valence-corrected chi connectivity index (χ0v) is 17.1. The number of hydrogen-bond acceptors (Lipinski definition) is 2. The highest BCUT2D eigenvalue weighted by molar-refractivity contribution is 5.61. The number of hydrogen-bond donors (Lipinski definition) is 1. The monoisotopic (exact) mass is 382 g/mol. The molecule has 1 aliphatic heterocycles. The van der Waals surface area contributed by atoms with Gasteiger partial charge < -0.3 is 5.32 Å². The Morgan fingerprint density at radius 2 is 1.62 bits per heavy atom. The van der Waals surface area contributed by atoms with Crippen LogP contribution < -0.4 is 5.32 Å². The van der Waals surface area contributed by atoms with E-state index in [9.17, 15) is 0 Å². The molecule has 4 fully saturated rings. The second-order valence-corrected chi connectivity index (χ2v) is 10.8. The Labute approximate surface area is 173 Å². The summed E-state index contributed by atoms with van der Waals surface area (Å²) < 4.78 is 0. The largest absolute Gasteiger partial charge is 0.378 e. The van der Waals surface area contributed by atoms with Crippen molar-refractivity contribution in [3.05, 3.63) is 71.6 Å². The molecule has 1 N–H and O–H groups in total. The van der Waals surface area contributed by atoms with Crippen LogP contribution in [0.4, 0.5) is 5.69 Å². The molecule has 2 nitrogen and oxygen atoms in total. The lowest BCUT2D eigenvalue weighted by Gasteiger charge is -2.57. The number of nitrogens with zero attached hydrogens (tertiary/aromatic N) is 1. The van der Waals surface area contributed by atoms with Crippen molar-refractivity contribution in [1.29, 1.82) is 0 Å². The van der Waals surface area contributed by atoms with Crippen molar-refractivity contribution < 1.29 is 0 Å². The quantitative estimate of drug-likeness (QED) is 0.610. The van der Waals surface area contributed by atoms with Gasteiger partial charge in [-0.25, -0.2) is 0 Å². The number of allylic oxidation sites excluding steroid dienone is 2. The first-order valence-corrected chi connectivity index (χ1v) is 11.7. The number of fused-ring (bicyclic) bond motifs is 3. The van der Waals surface area contributed by atoms with E-state index in [1.165, 1.54) is 56.2 Å². The van der Waals surface area contributed by atoms with Gasteiger partial charge in [-0.2, -0.15) is 0 Å². The van der Waals surface area contributed by atoms with E-state index in [0.717, 1.165) is 17.8 Å². The van der Waals surface area contributed by atoms with Gasteiger partial charge in [0.2, 0.25) is 0 Å². The van der Waals surface area contributed by atoms with E-state index in [-0.39, 0.29) is 0 Å². The van der Waals surface area contributed by atoms with E-state index in [1.54, 1.807) is 11.1 Å². The first kappa shape index (κ1) is 16.7. The van der Waals surface area contributed by atoms with Gasteiger partial charge in [0.15, 0.2) is 0 Å². The molecule has 29 heavy (non-hydrogen) atoms. The predicted molar refractivity (Wildman–Crippen MR) is 117 cm³/mol. The Balaban J connectivity index is 1.29. The van der Waals surface area contributed by atoms with Gasteiger partial charge in [-0.3, -0.25) is 4.98 Å². The lowest BCUT2D eigenvalue weighted by atomic mass is 9.48. The van der Waals surface area contributed by atoms with Gasteiger partial charge in [0.25, 0.3) is 0 Å². The van der Waals surface area contributed by atoms with Gasteiger partial charge >= 0.3 is 0 Å². The number of nitrogens with one attached hydrogen (secondary N) is 1. The molecule has 2 heterocycles. The molecule has 0 radical (unpaired) electrons. The normalized spacial score (nSPS) is 41.1. The highest BCUT2D eigenvalue weighted by atomic mass is 15.0. The molecule has 5 aliphatic carbocycles. The fourth-order valence-corrected chi connectivity index (χ4v) is 8.29. The van der Waals surface area contributed by atoms with Gasteiger partial charge in [0, 0.05) is 24.0 Å². The van der Waals surface area contributed by atoms with Crippen LogP contribution in [0.1, 0.15) is 73.6 Å². The highest BCUT2D eigenvalue weighted by Gasteiger charge is 2.52. The van der Waals surface area contributed by atoms with E-state index in [1.807, 2.05) is 12.4 Å². The topological polar surface area (TPSA) is 24.9 Å². The van der Waals surface area contributed by atoms with Crippen LogP contribution >= 0.6 is 0 Å². The molecule has 3 atom stereocenters. The molecule has 0 saturated heterocycles. The number of pyridine rings is 1. The molecular weight excluding hydrogens is 352 g/mol. The van der Waals surface area contributed by atoms with Gasteiger partial charge in [-0.05, 0) is 109 Å². The van der Waals surface area contributed by atoms with Crippen molar-refractivity contribution >= 4 is 5.69 Å². The lowest BCUT2D eigenvalue weighted by molar-refractivity contribution is -0.00523. The number of aromatic nitrogens is 1. The molecule has 0 spiro atoms. The first-order valence-electron chi connectivity index (χ1n) is 11.7. The fraction of sp³-hybridized carbons (Fsp3) is 0.519. The summed E-state index contributed by atoms with van der Waals surface area (Å²) in [5.41, 5.74) is 6.44. The molecule has 1 aromatic carbocycles. The minimum absolute atomic E-state index is 0.385. The van der Waals surface area contributed by atoms with Crippen molar-refractivity contribution in [3.8, 4) is 0 Å². The summed E-state index contributed by atoms with van der Waals surface area (Å²) in [5, 5.41) is 3.92. The summed E-state index contributed by atoms with van der Waals surface area (Å²) in [6.07, 6.45) is 18.9. The van der Waals surface area contributed by atoms with Gasteiger partial charge in [0.05, 0.1) is 6.04 Å². The standard InChI is InChI=1S/C27H30N2/c1-2-22-23(3-1)26(20-6-8-28-9-7-20)29-25-5-4-21(13-24(22)25)27-14-17-10-18(15-27)12-19(11-17)16-27/h1-2,4-9,13,17-19,22-23,26,29H,3,10-12,14-16H2/t17?,18?,19?,22-,23-,26-,27?/m0/s1. The van der Waals surface area contributed by atoms with Crippen LogP contribution in [-0.4, -0.2) is 4.98 Å². The molecule has 1 aromatic heterocycles. The van der Waals surface area contributed by atoms with Crippen molar-refractivity contribution in [2.24, 2.45) is 23.7 Å². The van der Waals surface area contributed by atoms with Crippen LogP contribution in [0.3, 0.4) is 0 Å². The number of anilines is 1. The summed E-state index contributed by atoms with van der Waals surface area (Å²) in [5.74, 6) is 4.19. The van der Waals surface area contributed by atoms with E-state index >= 15 is 0 Å². The average molecular weight is 383 g/mol. The van der Waals surface area contributed by atoms with E-state index < -0.39 is 0 Å². The van der Waals surface area contributed by atoms with E-state index in [4.69, 9.17) is 0 Å². The first-order chi connectivity index (χ1) is 14.3. The molecule has 0 unspecified atom stereocenters. The summed E-state index contributed by atoms with van der Waals surface area (Å²) in [6.45, 7) is 0. The van der Waals surface area contributed by atoms with Crippen LogP contribution in [0.25, 0.3) is 0 Å². The fourth-order valence-electron chi connectivity index (χ4n) is 8.29. The second-order valence-electron chi connectivity index (χ2n) is 10.8. The maximum absolute atomic E-state index is 4.23. The van der Waals surface area contributed by atoms with Crippen molar-refractivity contribution in [2.45, 2.75) is 62.3 Å². The Kier molecular flexibility index (Phi) is 3.43. The predicted octanol–water partition coefficient (Wildman–Crippen LogP) is 6.38. The molecule has 8 rings (SSSR count). The molecule has 6 aliphatic rings. The Hall–Kier alpha value is -2.09. The average Bonchev–Trinajstić information content (AvgIpc) is 3.23. The third-order valence-corrected chi connectivity index (χ3v) is 9.08. The molecular formula is C27H30N2. The second kappa shape index (κ2) is 5.97. The summed E-state index contributed by atoms with van der Waals surface area (Å²) >= 11 is 0. The molecule has 148 valence electrons. The van der Waals surface area contributed by atoms with Crippen molar-refractivity contribution in [1.82, 2.24) is 4.98 Å². The maximum atomic E-state index is 4.23. The van der Waals surface area contributed by atoms with Crippen LogP contribution in [-0.2, 0) is 5.41 Å². The van der Waals surface area contributed by atoms with Gasteiger partial charge in [0.1, 0.15) is 0 Å². The maximum Gasteiger partial charge on any atom is 0.0555 e. The Morgan fingerprint density at radius 3 is 2.34 bits per heavy atom.